The van der Waals surface area contributed by atoms with Crippen LogP contribution in [0.5, 0.6) is 0 Å². The predicted molar refractivity (Wildman–Crippen MR) is 107 cm³/mol. The number of nitrogens with one attached hydrogen (secondary N) is 2. The molecule has 1 amide bonds. The number of benzene rings is 3. The number of imidazole rings is 1. The number of nitrogens with two attached hydrogens (primary N) is 1. The standard InChI is InChI=1S/C22H19N3O2/c23-21(26)11-8-16-12-15(14-4-2-1-3-5-14)6-9-18(16)17-7-10-19-20(13-17)25-22(27)24-19/h1-7,9-10,12-13H,8,11H2,(H2,23,26)(H2,24,25,27). The third-order valence-corrected chi connectivity index (χ3v) is 4.68. The minimum absolute atomic E-state index is 0.226. The Balaban J connectivity index is 1.81. The van der Waals surface area contributed by atoms with Gasteiger partial charge in [-0.2, -0.15) is 0 Å². The van der Waals surface area contributed by atoms with Crippen molar-refractivity contribution >= 4 is 16.9 Å². The Kier molecular flexibility index (Phi) is 4.34. The highest BCUT2D eigenvalue weighted by Gasteiger charge is 2.10. The highest BCUT2D eigenvalue weighted by molar-refractivity contribution is 5.84. The quantitative estimate of drug-likeness (QED) is 0.509. The molecule has 4 N–H and O–H groups in total. The minimum atomic E-state index is -0.323. The summed E-state index contributed by atoms with van der Waals surface area (Å²) < 4.78 is 0. The monoisotopic (exact) mass is 357 g/mol. The van der Waals surface area contributed by atoms with Gasteiger partial charge >= 0.3 is 5.69 Å². The van der Waals surface area contributed by atoms with E-state index in [1.54, 1.807) is 0 Å². The van der Waals surface area contributed by atoms with Gasteiger partial charge in [0.1, 0.15) is 0 Å². The molecule has 1 heterocycles. The second kappa shape index (κ2) is 6.96. The molecule has 0 aliphatic rings. The number of hydrogen-bond acceptors (Lipinski definition) is 2. The van der Waals surface area contributed by atoms with Crippen molar-refractivity contribution in [3.8, 4) is 22.3 Å². The molecule has 0 fully saturated rings. The van der Waals surface area contributed by atoms with Crippen molar-refractivity contribution in [2.75, 3.05) is 0 Å². The van der Waals surface area contributed by atoms with Gasteiger partial charge in [0.25, 0.3) is 0 Å². The Hall–Kier alpha value is -3.60. The van der Waals surface area contributed by atoms with E-state index < -0.39 is 0 Å². The van der Waals surface area contributed by atoms with Gasteiger partial charge in [-0.1, -0.05) is 54.6 Å². The normalized spacial score (nSPS) is 11.0. The van der Waals surface area contributed by atoms with Gasteiger partial charge in [-0.25, -0.2) is 4.79 Å². The highest BCUT2D eigenvalue weighted by Crippen LogP contribution is 2.31. The van der Waals surface area contributed by atoms with Crippen molar-refractivity contribution in [2.45, 2.75) is 12.8 Å². The molecule has 0 aliphatic carbocycles. The molecule has 0 saturated heterocycles. The third kappa shape index (κ3) is 3.53. The summed E-state index contributed by atoms with van der Waals surface area (Å²) in [6.45, 7) is 0. The zero-order valence-electron chi connectivity index (χ0n) is 14.7. The molecule has 0 saturated carbocycles. The molecule has 0 bridgehead atoms. The molecule has 0 spiro atoms. The Bertz CT molecular complexity index is 1170. The third-order valence-electron chi connectivity index (χ3n) is 4.68. The number of primary amides is 1. The van der Waals surface area contributed by atoms with Gasteiger partial charge in [-0.05, 0) is 46.4 Å². The van der Waals surface area contributed by atoms with Gasteiger partial charge < -0.3 is 15.7 Å². The van der Waals surface area contributed by atoms with Crippen LogP contribution < -0.4 is 11.4 Å². The number of H-pyrrole nitrogens is 2. The first-order valence-electron chi connectivity index (χ1n) is 8.79. The van der Waals surface area contributed by atoms with Gasteiger partial charge in [0.05, 0.1) is 11.0 Å². The fraction of sp³-hybridized carbons (Fsp3) is 0.0909. The van der Waals surface area contributed by atoms with Crippen LogP contribution >= 0.6 is 0 Å². The smallest absolute Gasteiger partial charge is 0.323 e. The molecule has 3 aromatic carbocycles. The fourth-order valence-corrected chi connectivity index (χ4v) is 3.35. The zero-order chi connectivity index (χ0) is 18.8. The van der Waals surface area contributed by atoms with Crippen LogP contribution in [0.25, 0.3) is 33.3 Å². The highest BCUT2D eigenvalue weighted by atomic mass is 16.1. The number of fused-ring (bicyclic) bond motifs is 1. The van der Waals surface area contributed by atoms with Crippen molar-refractivity contribution < 1.29 is 4.79 Å². The first-order chi connectivity index (χ1) is 13.1. The average Bonchev–Trinajstić information content (AvgIpc) is 3.06. The Morgan fingerprint density at radius 2 is 1.56 bits per heavy atom. The lowest BCUT2D eigenvalue weighted by Gasteiger charge is -2.12. The van der Waals surface area contributed by atoms with Crippen LogP contribution in [0.15, 0.2) is 71.5 Å². The maximum absolute atomic E-state index is 11.5. The molecular formula is C22H19N3O2. The van der Waals surface area contributed by atoms with Crippen LogP contribution in [-0.2, 0) is 11.2 Å². The number of aryl methyl sites for hydroxylation is 1. The average molecular weight is 357 g/mol. The summed E-state index contributed by atoms with van der Waals surface area (Å²) in [4.78, 5) is 28.4. The molecule has 4 aromatic rings. The molecule has 5 nitrogen and oxygen atoms in total. The van der Waals surface area contributed by atoms with Crippen LogP contribution in [0.2, 0.25) is 0 Å². The van der Waals surface area contributed by atoms with E-state index in [4.69, 9.17) is 5.73 Å². The number of aromatic amines is 2. The Morgan fingerprint density at radius 3 is 2.33 bits per heavy atom. The Labute approximate surface area is 155 Å². The summed E-state index contributed by atoms with van der Waals surface area (Å²) in [5.74, 6) is -0.323. The van der Waals surface area contributed by atoms with Gasteiger partial charge in [-0.15, -0.1) is 0 Å². The molecule has 134 valence electrons. The summed E-state index contributed by atoms with van der Waals surface area (Å²) in [5.41, 5.74) is 11.9. The van der Waals surface area contributed by atoms with Crippen molar-refractivity contribution in [1.82, 2.24) is 9.97 Å². The molecule has 1 aromatic heterocycles. The van der Waals surface area contributed by atoms with E-state index in [0.717, 1.165) is 38.9 Å². The minimum Gasteiger partial charge on any atom is -0.370 e. The van der Waals surface area contributed by atoms with E-state index in [2.05, 4.69) is 40.3 Å². The van der Waals surface area contributed by atoms with E-state index in [1.807, 2.05) is 36.4 Å². The lowest BCUT2D eigenvalue weighted by atomic mass is 9.92. The van der Waals surface area contributed by atoms with Gasteiger partial charge in [0.2, 0.25) is 5.91 Å². The molecule has 0 radical (unpaired) electrons. The number of carbonyl (C=O) groups excluding carboxylic acids is 1. The van der Waals surface area contributed by atoms with Crippen LogP contribution in [0, 0.1) is 0 Å². The largest absolute Gasteiger partial charge is 0.370 e. The number of carbonyl (C=O) groups is 1. The van der Waals surface area contributed by atoms with E-state index in [0.29, 0.717) is 6.42 Å². The second-order valence-corrected chi connectivity index (χ2v) is 6.54. The summed E-state index contributed by atoms with van der Waals surface area (Å²) >= 11 is 0. The topological polar surface area (TPSA) is 91.7 Å². The molecule has 0 aliphatic heterocycles. The number of aromatic nitrogens is 2. The molecule has 0 atom stereocenters. The number of hydrogen-bond donors (Lipinski definition) is 3. The van der Waals surface area contributed by atoms with Crippen LogP contribution in [-0.4, -0.2) is 15.9 Å². The summed E-state index contributed by atoms with van der Waals surface area (Å²) in [6, 6.07) is 22.1. The maximum atomic E-state index is 11.5. The maximum Gasteiger partial charge on any atom is 0.323 e. The summed E-state index contributed by atoms with van der Waals surface area (Å²) in [7, 11) is 0. The molecule has 0 unspecified atom stereocenters. The van der Waals surface area contributed by atoms with E-state index in [1.165, 1.54) is 0 Å². The van der Waals surface area contributed by atoms with Gasteiger partial charge in [-0.3, -0.25) is 4.79 Å². The van der Waals surface area contributed by atoms with E-state index >= 15 is 0 Å². The van der Waals surface area contributed by atoms with Crippen molar-refractivity contribution in [3.63, 3.8) is 0 Å². The first kappa shape index (κ1) is 16.8. The van der Waals surface area contributed by atoms with Gasteiger partial charge in [0.15, 0.2) is 0 Å². The van der Waals surface area contributed by atoms with Crippen molar-refractivity contribution in [3.05, 3.63) is 82.8 Å². The predicted octanol–water partition coefficient (Wildman–Crippen LogP) is 3.61. The van der Waals surface area contributed by atoms with Crippen LogP contribution in [0.1, 0.15) is 12.0 Å². The fourth-order valence-electron chi connectivity index (χ4n) is 3.35. The molecular weight excluding hydrogens is 338 g/mol. The lowest BCUT2D eigenvalue weighted by molar-refractivity contribution is -0.117. The molecule has 27 heavy (non-hydrogen) atoms. The van der Waals surface area contributed by atoms with Crippen molar-refractivity contribution in [1.29, 1.82) is 0 Å². The van der Waals surface area contributed by atoms with E-state index in [9.17, 15) is 9.59 Å². The molecule has 5 heteroatoms. The lowest BCUT2D eigenvalue weighted by Crippen LogP contribution is -2.11. The number of rotatable bonds is 5. The van der Waals surface area contributed by atoms with E-state index in [-0.39, 0.29) is 18.0 Å². The SMILES string of the molecule is NC(=O)CCc1cc(-c2ccccc2)ccc1-c1ccc2[nH]c(=O)[nH]c2c1. The summed E-state index contributed by atoms with van der Waals surface area (Å²) in [6.07, 6.45) is 0.849. The first-order valence-corrected chi connectivity index (χ1v) is 8.79. The zero-order valence-corrected chi connectivity index (χ0v) is 14.7. The molecule has 4 rings (SSSR count). The summed E-state index contributed by atoms with van der Waals surface area (Å²) in [5, 5.41) is 0. The van der Waals surface area contributed by atoms with Gasteiger partial charge in [0, 0.05) is 6.42 Å². The Morgan fingerprint density at radius 1 is 0.815 bits per heavy atom. The number of amides is 1. The van der Waals surface area contributed by atoms with Crippen LogP contribution in [0.4, 0.5) is 0 Å². The van der Waals surface area contributed by atoms with Crippen molar-refractivity contribution in [2.24, 2.45) is 5.73 Å². The van der Waals surface area contributed by atoms with Crippen LogP contribution in [0.3, 0.4) is 0 Å². The second-order valence-electron chi connectivity index (χ2n) is 6.54.